The Morgan fingerprint density at radius 2 is 1.79 bits per heavy atom. The van der Waals surface area contributed by atoms with Gasteiger partial charge in [0.2, 0.25) is 0 Å². The Morgan fingerprint density at radius 1 is 1.21 bits per heavy atom. The molecule has 1 aliphatic carbocycles. The van der Waals surface area contributed by atoms with Crippen LogP contribution in [0.3, 0.4) is 0 Å². The number of hydrogen-bond donors (Lipinski definition) is 0. The van der Waals surface area contributed by atoms with Crippen molar-refractivity contribution in [2.45, 2.75) is 72.2 Å². The predicted molar refractivity (Wildman–Crippen MR) is 87.9 cm³/mol. The van der Waals surface area contributed by atoms with Gasteiger partial charge >= 0.3 is 0 Å². The topological polar surface area (TPSA) is 9.23 Å². The van der Waals surface area contributed by atoms with E-state index in [0.29, 0.717) is 17.9 Å². The smallest absolute Gasteiger partial charge is 0.192 e. The van der Waals surface area contributed by atoms with Crippen molar-refractivity contribution in [2.75, 3.05) is 0 Å². The molecule has 0 heterocycles. The Kier molecular flexibility index (Phi) is 6.55. The third-order valence-electron chi connectivity index (χ3n) is 4.71. The fourth-order valence-electron chi connectivity index (χ4n) is 2.99. The van der Waals surface area contributed by atoms with Gasteiger partial charge in [-0.25, -0.2) is 0 Å². The van der Waals surface area contributed by atoms with Crippen molar-refractivity contribution in [3.63, 3.8) is 0 Å². The molecule has 0 saturated carbocycles. The van der Waals surface area contributed by atoms with Crippen LogP contribution in [-0.4, -0.2) is 14.4 Å². The average molecular weight is 281 g/mol. The summed E-state index contributed by atoms with van der Waals surface area (Å²) in [5.74, 6) is 1.18. The van der Waals surface area contributed by atoms with E-state index >= 15 is 0 Å². The summed E-state index contributed by atoms with van der Waals surface area (Å²) >= 11 is 0. The molecular weight excluding hydrogens is 248 g/mol. The van der Waals surface area contributed by atoms with E-state index in [0.717, 1.165) is 6.42 Å². The highest BCUT2D eigenvalue weighted by Gasteiger charge is 2.34. The molecule has 0 N–H and O–H groups in total. The zero-order chi connectivity index (χ0) is 14.5. The van der Waals surface area contributed by atoms with Gasteiger partial charge in [0.1, 0.15) is 0 Å². The molecule has 0 unspecified atom stereocenters. The van der Waals surface area contributed by atoms with Gasteiger partial charge in [-0.3, -0.25) is 0 Å². The van der Waals surface area contributed by atoms with Crippen LogP contribution in [0.25, 0.3) is 0 Å². The first-order valence-corrected chi connectivity index (χ1v) is 10.5. The Labute approximate surface area is 121 Å². The maximum atomic E-state index is 6.74. The first kappa shape index (κ1) is 16.7. The van der Waals surface area contributed by atoms with Crippen molar-refractivity contribution in [1.29, 1.82) is 0 Å². The van der Waals surface area contributed by atoms with E-state index < -0.39 is 8.32 Å². The minimum Gasteiger partial charge on any atom is -0.410 e. The summed E-state index contributed by atoms with van der Waals surface area (Å²) in [5.41, 5.74) is 1.48. The van der Waals surface area contributed by atoms with Crippen molar-refractivity contribution >= 4 is 8.32 Å². The lowest BCUT2D eigenvalue weighted by Gasteiger charge is -2.36. The van der Waals surface area contributed by atoms with Crippen LogP contribution in [0.5, 0.6) is 0 Å². The van der Waals surface area contributed by atoms with Crippen LogP contribution in [0, 0.1) is 11.8 Å². The summed E-state index contributed by atoms with van der Waals surface area (Å²) in [4.78, 5) is 0. The molecule has 0 aromatic rings. The van der Waals surface area contributed by atoms with Gasteiger partial charge in [-0.05, 0) is 37.4 Å². The lowest BCUT2D eigenvalue weighted by molar-refractivity contribution is 0.162. The zero-order valence-electron chi connectivity index (χ0n) is 13.7. The van der Waals surface area contributed by atoms with Crippen molar-refractivity contribution in [2.24, 2.45) is 11.8 Å². The van der Waals surface area contributed by atoms with Crippen LogP contribution < -0.4 is 0 Å². The molecule has 1 rings (SSSR count). The molecule has 19 heavy (non-hydrogen) atoms. The van der Waals surface area contributed by atoms with Crippen LogP contribution in [-0.2, 0) is 4.43 Å². The molecule has 2 atom stereocenters. The van der Waals surface area contributed by atoms with E-state index in [2.05, 4.69) is 59.8 Å². The van der Waals surface area contributed by atoms with E-state index in [-0.39, 0.29) is 0 Å². The second kappa shape index (κ2) is 7.44. The maximum absolute atomic E-state index is 6.74. The molecule has 0 aromatic carbocycles. The van der Waals surface area contributed by atoms with Crippen LogP contribution in [0.15, 0.2) is 23.8 Å². The summed E-state index contributed by atoms with van der Waals surface area (Å²) in [5, 5.41) is 0. The summed E-state index contributed by atoms with van der Waals surface area (Å²) < 4.78 is 6.74. The molecule has 0 radical (unpaired) electrons. The van der Waals surface area contributed by atoms with Gasteiger partial charge in [-0.15, -0.1) is 0 Å². The average Bonchev–Trinajstić information content (AvgIpc) is 2.58. The van der Waals surface area contributed by atoms with Gasteiger partial charge in [-0.1, -0.05) is 58.4 Å². The third-order valence-corrected chi connectivity index (χ3v) is 9.35. The quantitative estimate of drug-likeness (QED) is 0.457. The minimum atomic E-state index is -1.52. The molecule has 0 amide bonds. The summed E-state index contributed by atoms with van der Waals surface area (Å²) in [6, 6.07) is 3.70. The second-order valence-electron chi connectivity index (χ2n) is 6.29. The van der Waals surface area contributed by atoms with E-state index in [4.69, 9.17) is 4.43 Å². The number of rotatable bonds is 6. The molecule has 1 aliphatic rings. The molecule has 0 bridgehead atoms. The highest BCUT2D eigenvalue weighted by atomic mass is 28.4. The lowest BCUT2D eigenvalue weighted by atomic mass is 9.89. The Balaban J connectivity index is 2.95. The van der Waals surface area contributed by atoms with E-state index in [1.165, 1.54) is 23.7 Å². The molecule has 0 spiro atoms. The van der Waals surface area contributed by atoms with Gasteiger partial charge in [0.15, 0.2) is 8.32 Å². The molecule has 0 aromatic heterocycles. The fraction of sp³-hybridized carbons (Fsp3) is 0.765. The van der Waals surface area contributed by atoms with E-state index in [1.54, 1.807) is 0 Å². The van der Waals surface area contributed by atoms with Gasteiger partial charge in [-0.2, -0.15) is 0 Å². The Morgan fingerprint density at radius 3 is 2.26 bits per heavy atom. The molecule has 110 valence electrons. The SMILES string of the molecule is CC[Si](CC)(CC)O[C@H]1C=CCC(C)=C[C@H]1C(C)C. The van der Waals surface area contributed by atoms with Crippen molar-refractivity contribution in [1.82, 2.24) is 0 Å². The summed E-state index contributed by atoms with van der Waals surface area (Å²) in [6.07, 6.45) is 8.47. The van der Waals surface area contributed by atoms with E-state index in [1.807, 2.05) is 0 Å². The minimum absolute atomic E-state index is 0.295. The Bertz CT molecular complexity index is 318. The molecule has 0 saturated heterocycles. The van der Waals surface area contributed by atoms with Crippen LogP contribution in [0.1, 0.15) is 48.0 Å². The third kappa shape index (κ3) is 4.32. The van der Waals surface area contributed by atoms with Crippen molar-refractivity contribution < 1.29 is 4.43 Å². The van der Waals surface area contributed by atoms with E-state index in [9.17, 15) is 0 Å². The van der Waals surface area contributed by atoms with Crippen LogP contribution >= 0.6 is 0 Å². The highest BCUT2D eigenvalue weighted by molar-refractivity contribution is 6.73. The maximum Gasteiger partial charge on any atom is 0.192 e. The van der Waals surface area contributed by atoms with Crippen molar-refractivity contribution in [3.05, 3.63) is 23.8 Å². The monoisotopic (exact) mass is 280 g/mol. The lowest BCUT2D eigenvalue weighted by Crippen LogP contribution is -2.42. The largest absolute Gasteiger partial charge is 0.410 e. The van der Waals surface area contributed by atoms with Crippen LogP contribution in [0.2, 0.25) is 18.1 Å². The zero-order valence-corrected chi connectivity index (χ0v) is 14.7. The normalized spacial score (nSPS) is 24.5. The number of allylic oxidation sites excluding steroid dienone is 2. The predicted octanol–water partition coefficient (Wildman–Crippen LogP) is 5.56. The molecule has 0 aliphatic heterocycles. The van der Waals surface area contributed by atoms with Gasteiger partial charge in [0.05, 0.1) is 6.10 Å². The van der Waals surface area contributed by atoms with Gasteiger partial charge < -0.3 is 4.43 Å². The van der Waals surface area contributed by atoms with Crippen LogP contribution in [0.4, 0.5) is 0 Å². The summed E-state index contributed by atoms with van der Waals surface area (Å²) in [7, 11) is -1.52. The van der Waals surface area contributed by atoms with Crippen molar-refractivity contribution in [3.8, 4) is 0 Å². The summed E-state index contributed by atoms with van der Waals surface area (Å²) in [6.45, 7) is 13.8. The molecule has 2 heteroatoms. The second-order valence-corrected chi connectivity index (χ2v) is 11.0. The molecule has 0 fully saturated rings. The molecular formula is C17H32OSi. The van der Waals surface area contributed by atoms with Gasteiger partial charge in [0.25, 0.3) is 0 Å². The number of hydrogen-bond acceptors (Lipinski definition) is 1. The fourth-order valence-corrected chi connectivity index (χ4v) is 5.80. The first-order valence-electron chi connectivity index (χ1n) is 7.99. The van der Waals surface area contributed by atoms with Gasteiger partial charge in [0, 0.05) is 5.92 Å². The Hall–Kier alpha value is -0.343. The standard InChI is InChI=1S/C17H32OSi/c1-7-19(8-2,9-3)18-17-12-10-11-15(6)13-16(17)14(4)5/h10,12-14,16-17H,7-9,11H2,1-6H3/t16-,17-/m0/s1. The first-order chi connectivity index (χ1) is 8.98. The molecule has 1 nitrogen and oxygen atoms in total. The highest BCUT2D eigenvalue weighted by Crippen LogP contribution is 2.32.